The first-order chi connectivity index (χ1) is 15.1. The fourth-order valence-corrected chi connectivity index (χ4v) is 3.82. The molecule has 0 aliphatic carbocycles. The van der Waals surface area contributed by atoms with Crippen molar-refractivity contribution in [2.24, 2.45) is 0 Å². The van der Waals surface area contributed by atoms with Gasteiger partial charge in [0.1, 0.15) is 11.3 Å². The number of fused-ring (bicyclic) bond motifs is 1. The number of ether oxygens (including phenoxy) is 1. The second kappa shape index (κ2) is 10.0. The van der Waals surface area contributed by atoms with Gasteiger partial charge in [-0.15, -0.1) is 0 Å². The maximum atomic E-state index is 13.9. The molecule has 3 aromatic rings. The number of oxazole rings is 1. The molecule has 0 N–H and O–H groups in total. The highest BCUT2D eigenvalue weighted by atomic mass is 19.1. The van der Waals surface area contributed by atoms with E-state index in [4.69, 9.17) is 9.15 Å². The summed E-state index contributed by atoms with van der Waals surface area (Å²) in [5.41, 5.74) is 2.30. The number of aromatic nitrogens is 1. The number of carbonyl (C=O) groups excluding carboxylic acids is 1. The number of amides is 1. The van der Waals surface area contributed by atoms with Crippen molar-refractivity contribution in [3.05, 3.63) is 65.3 Å². The standard InChI is InChI=1S/C24H28FN3O3/c1-27(10-4-5-11-28-12-14-30-15-13-28)24(29)19-8-9-21-22(16-19)31-23(26-21)17-18-6-2-3-7-20(18)25/h2-3,6-9,16H,4-5,10-15,17H2,1H3. The van der Waals surface area contributed by atoms with Gasteiger partial charge in [-0.2, -0.15) is 0 Å². The maximum Gasteiger partial charge on any atom is 0.253 e. The van der Waals surface area contributed by atoms with E-state index in [-0.39, 0.29) is 18.1 Å². The van der Waals surface area contributed by atoms with E-state index in [1.165, 1.54) is 6.07 Å². The first-order valence-electron chi connectivity index (χ1n) is 10.8. The minimum absolute atomic E-state index is 0.0414. The van der Waals surface area contributed by atoms with Crippen molar-refractivity contribution in [2.75, 3.05) is 46.4 Å². The lowest BCUT2D eigenvalue weighted by atomic mass is 10.1. The molecule has 1 aliphatic heterocycles. The summed E-state index contributed by atoms with van der Waals surface area (Å²) in [6, 6.07) is 11.8. The van der Waals surface area contributed by atoms with Crippen molar-refractivity contribution in [2.45, 2.75) is 19.3 Å². The van der Waals surface area contributed by atoms with Crippen LogP contribution < -0.4 is 0 Å². The van der Waals surface area contributed by atoms with Gasteiger partial charge >= 0.3 is 0 Å². The van der Waals surface area contributed by atoms with Gasteiger partial charge in [0.25, 0.3) is 5.91 Å². The van der Waals surface area contributed by atoms with Gasteiger partial charge in [0.2, 0.25) is 0 Å². The van der Waals surface area contributed by atoms with Crippen LogP contribution in [0.25, 0.3) is 11.1 Å². The molecule has 0 atom stereocenters. The Balaban J connectivity index is 1.33. The number of nitrogens with zero attached hydrogens (tertiary/aromatic N) is 3. The van der Waals surface area contributed by atoms with Gasteiger partial charge in [-0.05, 0) is 49.2 Å². The Morgan fingerprint density at radius 1 is 1.16 bits per heavy atom. The van der Waals surface area contributed by atoms with Crippen LogP contribution in [-0.4, -0.2) is 67.1 Å². The topological polar surface area (TPSA) is 58.8 Å². The summed E-state index contributed by atoms with van der Waals surface area (Å²) in [5, 5.41) is 0. The minimum atomic E-state index is -0.282. The van der Waals surface area contributed by atoms with Crippen molar-refractivity contribution in [1.82, 2.24) is 14.8 Å². The van der Waals surface area contributed by atoms with E-state index in [9.17, 15) is 9.18 Å². The lowest BCUT2D eigenvalue weighted by Gasteiger charge is -2.26. The molecular formula is C24H28FN3O3. The van der Waals surface area contributed by atoms with Crippen LogP contribution in [-0.2, 0) is 11.2 Å². The van der Waals surface area contributed by atoms with Gasteiger partial charge in [-0.3, -0.25) is 9.69 Å². The third-order valence-corrected chi connectivity index (χ3v) is 5.65. The second-order valence-electron chi connectivity index (χ2n) is 7.95. The van der Waals surface area contributed by atoms with E-state index in [1.807, 2.05) is 7.05 Å². The Bertz CT molecular complexity index is 1030. The van der Waals surface area contributed by atoms with E-state index in [0.29, 0.717) is 34.7 Å². The molecule has 164 valence electrons. The number of carbonyl (C=O) groups is 1. The highest BCUT2D eigenvalue weighted by Gasteiger charge is 2.16. The number of morpholine rings is 1. The lowest BCUT2D eigenvalue weighted by Crippen LogP contribution is -2.37. The molecule has 0 unspecified atom stereocenters. The van der Waals surface area contributed by atoms with Crippen LogP contribution in [0.1, 0.15) is 34.7 Å². The average Bonchev–Trinajstić information content (AvgIpc) is 3.20. The fourth-order valence-electron chi connectivity index (χ4n) is 3.82. The first kappa shape index (κ1) is 21.5. The first-order valence-corrected chi connectivity index (χ1v) is 10.8. The smallest absolute Gasteiger partial charge is 0.253 e. The Kier molecular flexibility index (Phi) is 6.94. The van der Waals surface area contributed by atoms with Gasteiger partial charge in [-0.1, -0.05) is 18.2 Å². The number of unbranched alkanes of at least 4 members (excludes halogenated alkanes) is 1. The predicted octanol–water partition coefficient (Wildman–Crippen LogP) is 3.74. The Hall–Kier alpha value is -2.77. The van der Waals surface area contributed by atoms with Crippen LogP contribution in [0, 0.1) is 5.82 Å². The van der Waals surface area contributed by atoms with E-state index in [2.05, 4.69) is 9.88 Å². The number of halogens is 1. The molecule has 1 aromatic heterocycles. The predicted molar refractivity (Wildman–Crippen MR) is 117 cm³/mol. The summed E-state index contributed by atoms with van der Waals surface area (Å²) in [6.07, 6.45) is 2.28. The summed E-state index contributed by atoms with van der Waals surface area (Å²) in [6.45, 7) is 5.35. The van der Waals surface area contributed by atoms with Crippen molar-refractivity contribution in [1.29, 1.82) is 0 Å². The Labute approximate surface area is 181 Å². The highest BCUT2D eigenvalue weighted by molar-refractivity contribution is 5.96. The van der Waals surface area contributed by atoms with Gasteiger partial charge in [-0.25, -0.2) is 9.37 Å². The summed E-state index contributed by atoms with van der Waals surface area (Å²) >= 11 is 0. The van der Waals surface area contributed by atoms with Gasteiger partial charge in [0.05, 0.1) is 19.6 Å². The number of benzene rings is 2. The van der Waals surface area contributed by atoms with E-state index in [0.717, 1.165) is 45.7 Å². The molecule has 2 heterocycles. The molecule has 2 aromatic carbocycles. The SMILES string of the molecule is CN(CCCCN1CCOCC1)C(=O)c1ccc2nc(Cc3ccccc3F)oc2c1. The summed E-state index contributed by atoms with van der Waals surface area (Å²) < 4.78 is 25.1. The third kappa shape index (κ3) is 5.48. The zero-order valence-corrected chi connectivity index (χ0v) is 17.8. The number of rotatable bonds is 8. The molecule has 1 saturated heterocycles. The Morgan fingerprint density at radius 2 is 1.97 bits per heavy atom. The molecule has 6 nitrogen and oxygen atoms in total. The van der Waals surface area contributed by atoms with Crippen molar-refractivity contribution < 1.29 is 18.3 Å². The van der Waals surface area contributed by atoms with Gasteiger partial charge in [0.15, 0.2) is 11.5 Å². The summed E-state index contributed by atoms with van der Waals surface area (Å²) in [4.78, 5) is 21.4. The van der Waals surface area contributed by atoms with E-state index in [1.54, 1.807) is 41.3 Å². The zero-order valence-electron chi connectivity index (χ0n) is 17.8. The van der Waals surface area contributed by atoms with Gasteiger partial charge < -0.3 is 14.1 Å². The van der Waals surface area contributed by atoms with Crippen molar-refractivity contribution >= 4 is 17.0 Å². The molecule has 1 amide bonds. The van der Waals surface area contributed by atoms with Gasteiger partial charge in [0, 0.05) is 32.2 Å². The molecule has 0 spiro atoms. The minimum Gasteiger partial charge on any atom is -0.440 e. The molecule has 1 aliphatic rings. The van der Waals surface area contributed by atoms with Crippen LogP contribution >= 0.6 is 0 Å². The average molecular weight is 426 g/mol. The molecule has 0 bridgehead atoms. The number of hydrogen-bond acceptors (Lipinski definition) is 5. The van der Waals surface area contributed by atoms with E-state index < -0.39 is 0 Å². The molecule has 0 radical (unpaired) electrons. The monoisotopic (exact) mass is 425 g/mol. The van der Waals surface area contributed by atoms with Crippen LogP contribution in [0.4, 0.5) is 4.39 Å². The third-order valence-electron chi connectivity index (χ3n) is 5.65. The van der Waals surface area contributed by atoms with Crippen LogP contribution in [0.2, 0.25) is 0 Å². The maximum absolute atomic E-state index is 13.9. The van der Waals surface area contributed by atoms with Crippen molar-refractivity contribution in [3.8, 4) is 0 Å². The van der Waals surface area contributed by atoms with Crippen LogP contribution in [0.3, 0.4) is 0 Å². The van der Waals surface area contributed by atoms with Crippen molar-refractivity contribution in [3.63, 3.8) is 0 Å². The summed E-state index contributed by atoms with van der Waals surface area (Å²) in [7, 11) is 1.82. The molecule has 0 saturated carbocycles. The normalized spacial score (nSPS) is 14.8. The quantitative estimate of drug-likeness (QED) is 0.515. The fraction of sp³-hybridized carbons (Fsp3) is 0.417. The number of hydrogen-bond donors (Lipinski definition) is 0. The molecule has 4 rings (SSSR count). The molecular weight excluding hydrogens is 397 g/mol. The molecule has 1 fully saturated rings. The highest BCUT2D eigenvalue weighted by Crippen LogP contribution is 2.21. The molecule has 31 heavy (non-hydrogen) atoms. The molecule has 7 heteroatoms. The van der Waals surface area contributed by atoms with Crippen LogP contribution in [0.15, 0.2) is 46.9 Å². The largest absolute Gasteiger partial charge is 0.440 e. The summed E-state index contributed by atoms with van der Waals surface area (Å²) in [5.74, 6) is 0.109. The Morgan fingerprint density at radius 3 is 2.77 bits per heavy atom. The van der Waals surface area contributed by atoms with Crippen LogP contribution in [0.5, 0.6) is 0 Å². The zero-order chi connectivity index (χ0) is 21.6. The lowest BCUT2D eigenvalue weighted by molar-refractivity contribution is 0.0369. The van der Waals surface area contributed by atoms with E-state index >= 15 is 0 Å². The second-order valence-corrected chi connectivity index (χ2v) is 7.95.